The molecule has 0 bridgehead atoms. The van der Waals surface area contributed by atoms with Crippen LogP contribution in [0, 0.1) is 5.82 Å². The van der Waals surface area contributed by atoms with Gasteiger partial charge in [-0.25, -0.2) is 22.8 Å². The highest BCUT2D eigenvalue weighted by atomic mass is 35.5. The van der Waals surface area contributed by atoms with Crippen LogP contribution in [0.2, 0.25) is 5.02 Å². The number of halogens is 2. The van der Waals surface area contributed by atoms with E-state index in [4.69, 9.17) is 11.6 Å². The van der Waals surface area contributed by atoms with E-state index >= 15 is 0 Å². The lowest BCUT2D eigenvalue weighted by Gasteiger charge is -2.20. The number of nitrogens with one attached hydrogen (secondary N) is 1. The molecule has 6 nitrogen and oxygen atoms in total. The van der Waals surface area contributed by atoms with Crippen molar-refractivity contribution in [1.29, 1.82) is 0 Å². The molecule has 0 saturated carbocycles. The molecule has 0 unspecified atom stereocenters. The number of sulfone groups is 1. The van der Waals surface area contributed by atoms with Crippen LogP contribution in [-0.2, 0) is 9.84 Å². The van der Waals surface area contributed by atoms with Crippen molar-refractivity contribution < 1.29 is 17.9 Å². The molecule has 2 aromatic carbocycles. The average molecular weight is 410 g/mol. The van der Waals surface area contributed by atoms with Crippen molar-refractivity contribution in [3.63, 3.8) is 0 Å². The van der Waals surface area contributed by atoms with Crippen molar-refractivity contribution in [2.45, 2.75) is 30.4 Å². The second kappa shape index (κ2) is 6.61. The van der Waals surface area contributed by atoms with E-state index in [1.54, 1.807) is 0 Å². The first-order valence-corrected chi connectivity index (χ1v) is 9.81. The third kappa shape index (κ3) is 3.54. The van der Waals surface area contributed by atoms with Gasteiger partial charge in [0.25, 0.3) is 0 Å². The molecule has 1 aromatic heterocycles. The molecule has 0 fully saturated rings. The van der Waals surface area contributed by atoms with Crippen molar-refractivity contribution in [3.05, 3.63) is 47.5 Å². The maximum absolute atomic E-state index is 14.1. The van der Waals surface area contributed by atoms with E-state index in [2.05, 4.69) is 15.3 Å². The van der Waals surface area contributed by atoms with Gasteiger partial charge in [0.15, 0.2) is 9.84 Å². The number of anilines is 2. The molecule has 27 heavy (non-hydrogen) atoms. The Labute approximate surface area is 161 Å². The van der Waals surface area contributed by atoms with Crippen molar-refractivity contribution >= 4 is 43.8 Å². The Morgan fingerprint density at radius 3 is 2.48 bits per heavy atom. The maximum Gasteiger partial charge on any atom is 0.186 e. The van der Waals surface area contributed by atoms with Crippen LogP contribution in [0.1, 0.15) is 20.8 Å². The fourth-order valence-electron chi connectivity index (χ4n) is 2.44. The molecule has 2 N–H and O–H groups in total. The largest absolute Gasteiger partial charge is 0.507 e. The number of phenols is 1. The van der Waals surface area contributed by atoms with Gasteiger partial charge in [-0.1, -0.05) is 11.6 Å². The monoisotopic (exact) mass is 409 g/mol. The Kier molecular flexibility index (Phi) is 4.73. The highest BCUT2D eigenvalue weighted by molar-refractivity contribution is 7.92. The normalized spacial score (nSPS) is 12.3. The predicted molar refractivity (Wildman–Crippen MR) is 103 cm³/mol. The molecular weight excluding hydrogens is 393 g/mol. The molecule has 9 heteroatoms. The molecule has 0 radical (unpaired) electrons. The third-order valence-electron chi connectivity index (χ3n) is 4.00. The zero-order valence-corrected chi connectivity index (χ0v) is 16.4. The molecule has 0 aliphatic carbocycles. The van der Waals surface area contributed by atoms with Crippen molar-refractivity contribution in [3.8, 4) is 5.75 Å². The quantitative estimate of drug-likeness (QED) is 0.664. The molecule has 0 amide bonds. The first-order valence-electron chi connectivity index (χ1n) is 7.95. The van der Waals surface area contributed by atoms with Crippen LogP contribution in [-0.4, -0.2) is 28.2 Å². The van der Waals surface area contributed by atoms with Gasteiger partial charge in [-0.15, -0.1) is 0 Å². The molecule has 0 saturated heterocycles. The molecular formula is C18H17ClFN3O3S. The van der Waals surface area contributed by atoms with Crippen LogP contribution >= 0.6 is 11.6 Å². The Bertz CT molecular complexity index is 1140. The summed E-state index contributed by atoms with van der Waals surface area (Å²) in [5, 5.41) is 13.6. The summed E-state index contributed by atoms with van der Waals surface area (Å²) in [6, 6.07) is 6.64. The minimum absolute atomic E-state index is 0.118. The van der Waals surface area contributed by atoms with Gasteiger partial charge in [-0.2, -0.15) is 0 Å². The van der Waals surface area contributed by atoms with Gasteiger partial charge in [0.2, 0.25) is 0 Å². The lowest BCUT2D eigenvalue weighted by molar-refractivity contribution is 0.457. The van der Waals surface area contributed by atoms with E-state index < -0.39 is 26.2 Å². The van der Waals surface area contributed by atoms with Gasteiger partial charge in [-0.05, 0) is 45.0 Å². The van der Waals surface area contributed by atoms with Crippen LogP contribution < -0.4 is 5.32 Å². The molecule has 3 rings (SSSR count). The Morgan fingerprint density at radius 1 is 1.15 bits per heavy atom. The number of aromatic nitrogens is 2. The van der Waals surface area contributed by atoms with E-state index in [1.807, 2.05) is 0 Å². The average Bonchev–Trinajstić information content (AvgIpc) is 2.55. The highest BCUT2D eigenvalue weighted by Gasteiger charge is 2.33. The van der Waals surface area contributed by atoms with Crippen molar-refractivity contribution in [1.82, 2.24) is 9.97 Å². The summed E-state index contributed by atoms with van der Waals surface area (Å²) in [6.07, 6.45) is 1.23. The van der Waals surface area contributed by atoms with Crippen LogP contribution in [0.5, 0.6) is 5.75 Å². The van der Waals surface area contributed by atoms with Gasteiger partial charge in [0.05, 0.1) is 16.0 Å². The second-order valence-corrected chi connectivity index (χ2v) is 10.0. The summed E-state index contributed by atoms with van der Waals surface area (Å²) < 4.78 is 38.5. The van der Waals surface area contributed by atoms with E-state index in [9.17, 15) is 17.9 Å². The topological polar surface area (TPSA) is 92.2 Å². The fourth-order valence-corrected chi connectivity index (χ4v) is 3.86. The second-order valence-electron chi connectivity index (χ2n) is 6.92. The molecule has 0 spiro atoms. The molecule has 142 valence electrons. The minimum atomic E-state index is -3.83. The summed E-state index contributed by atoms with van der Waals surface area (Å²) in [6.45, 7) is 4.61. The minimum Gasteiger partial charge on any atom is -0.507 e. The Balaban J connectivity index is 2.19. The third-order valence-corrected chi connectivity index (χ3v) is 6.75. The summed E-state index contributed by atoms with van der Waals surface area (Å²) in [7, 11) is -3.83. The molecule has 0 aliphatic rings. The molecule has 1 heterocycles. The smallest absolute Gasteiger partial charge is 0.186 e. The van der Waals surface area contributed by atoms with Crippen molar-refractivity contribution in [2.75, 3.05) is 5.32 Å². The first kappa shape index (κ1) is 19.3. The van der Waals surface area contributed by atoms with Crippen LogP contribution in [0.25, 0.3) is 10.9 Å². The Hall–Kier alpha value is -2.45. The van der Waals surface area contributed by atoms with E-state index in [0.29, 0.717) is 10.9 Å². The number of aromatic hydroxyl groups is 1. The number of nitrogens with zero attached hydrogens (tertiary/aromatic N) is 2. The van der Waals surface area contributed by atoms with Gasteiger partial charge in [-0.3, -0.25) is 0 Å². The fraction of sp³-hybridized carbons (Fsp3) is 0.222. The predicted octanol–water partition coefficient (Wildman–Crippen LogP) is 4.44. The highest BCUT2D eigenvalue weighted by Crippen LogP contribution is 2.36. The number of rotatable bonds is 3. The number of hydrogen-bond donors (Lipinski definition) is 2. The van der Waals surface area contributed by atoms with Crippen LogP contribution in [0.4, 0.5) is 15.9 Å². The number of benzene rings is 2. The van der Waals surface area contributed by atoms with Crippen LogP contribution in [0.15, 0.2) is 41.6 Å². The number of phenolic OH excluding ortho intramolecular Hbond substituents is 1. The van der Waals surface area contributed by atoms with E-state index in [-0.39, 0.29) is 21.4 Å². The maximum atomic E-state index is 14.1. The van der Waals surface area contributed by atoms with Crippen molar-refractivity contribution in [2.24, 2.45) is 0 Å². The molecule has 3 aromatic rings. The van der Waals surface area contributed by atoms with Gasteiger partial charge < -0.3 is 10.4 Å². The van der Waals surface area contributed by atoms with E-state index in [0.717, 1.165) is 6.07 Å². The molecule has 0 atom stereocenters. The summed E-state index contributed by atoms with van der Waals surface area (Å²) >= 11 is 5.76. The van der Waals surface area contributed by atoms with E-state index in [1.165, 1.54) is 51.4 Å². The van der Waals surface area contributed by atoms with Gasteiger partial charge in [0, 0.05) is 16.5 Å². The summed E-state index contributed by atoms with van der Waals surface area (Å²) in [5.74, 6) is -0.790. The zero-order chi connectivity index (χ0) is 20.0. The Morgan fingerprint density at radius 2 is 1.85 bits per heavy atom. The van der Waals surface area contributed by atoms with Gasteiger partial charge in [0.1, 0.15) is 28.6 Å². The standard InChI is InChI=1S/C18H17ClFN3O3S/c1-18(2,3)27(25,26)16-7-11-14(8-15(16)24)21-9-22-17(11)23-13-5-4-10(19)6-12(13)20/h4-9,24H,1-3H3,(H,21,22,23). The summed E-state index contributed by atoms with van der Waals surface area (Å²) in [4.78, 5) is 7.89. The van der Waals surface area contributed by atoms with Crippen LogP contribution in [0.3, 0.4) is 0 Å². The SMILES string of the molecule is CC(C)(C)S(=O)(=O)c1cc2c(Nc3ccc(Cl)cc3F)ncnc2cc1O. The van der Waals surface area contributed by atoms with Gasteiger partial charge >= 0.3 is 0 Å². The lowest BCUT2D eigenvalue weighted by Crippen LogP contribution is -2.28. The number of hydrogen-bond acceptors (Lipinski definition) is 6. The first-order chi connectivity index (χ1) is 12.5. The lowest BCUT2D eigenvalue weighted by atomic mass is 10.2. The molecule has 0 aliphatic heterocycles. The summed E-state index contributed by atoms with van der Waals surface area (Å²) in [5.41, 5.74) is 0.430. The number of fused-ring (bicyclic) bond motifs is 1. The zero-order valence-electron chi connectivity index (χ0n) is 14.8.